The summed E-state index contributed by atoms with van der Waals surface area (Å²) in [5.41, 5.74) is 6.35. The fourth-order valence-corrected chi connectivity index (χ4v) is 4.14. The third-order valence-corrected chi connectivity index (χ3v) is 6.00. The molecule has 0 spiro atoms. The maximum absolute atomic E-state index is 12.9. The molecule has 31 heavy (non-hydrogen) atoms. The summed E-state index contributed by atoms with van der Waals surface area (Å²) >= 11 is 0. The SMILES string of the molecule is NC(=O)c1ccc(Oc2ccc(C(=O)N3CCC(CN4CCOCC4)CC3)cc2)cc1. The lowest BCUT2D eigenvalue weighted by Crippen LogP contribution is -2.44. The maximum Gasteiger partial charge on any atom is 0.253 e. The smallest absolute Gasteiger partial charge is 0.253 e. The minimum atomic E-state index is -0.473. The van der Waals surface area contributed by atoms with Gasteiger partial charge in [-0.15, -0.1) is 0 Å². The first-order valence-electron chi connectivity index (χ1n) is 10.9. The lowest BCUT2D eigenvalue weighted by atomic mass is 9.95. The number of ether oxygens (including phenoxy) is 2. The molecule has 2 amide bonds. The van der Waals surface area contributed by atoms with Gasteiger partial charge in [-0.2, -0.15) is 0 Å². The highest BCUT2D eigenvalue weighted by molar-refractivity contribution is 5.94. The van der Waals surface area contributed by atoms with E-state index >= 15 is 0 Å². The maximum atomic E-state index is 12.9. The minimum Gasteiger partial charge on any atom is -0.457 e. The number of amides is 2. The summed E-state index contributed by atoms with van der Waals surface area (Å²) in [7, 11) is 0. The summed E-state index contributed by atoms with van der Waals surface area (Å²) < 4.78 is 11.2. The molecule has 2 fully saturated rings. The zero-order chi connectivity index (χ0) is 21.6. The van der Waals surface area contributed by atoms with E-state index in [9.17, 15) is 9.59 Å². The van der Waals surface area contributed by atoms with Gasteiger partial charge in [0, 0.05) is 43.9 Å². The summed E-state index contributed by atoms with van der Waals surface area (Å²) in [4.78, 5) is 28.5. The van der Waals surface area contributed by atoms with E-state index in [1.165, 1.54) is 0 Å². The number of hydrogen-bond acceptors (Lipinski definition) is 5. The number of piperidine rings is 1. The van der Waals surface area contributed by atoms with Crippen LogP contribution in [-0.4, -0.2) is 67.6 Å². The van der Waals surface area contributed by atoms with E-state index in [1.807, 2.05) is 4.90 Å². The number of morpholine rings is 1. The Kier molecular flexibility index (Phi) is 6.84. The molecule has 2 aromatic carbocycles. The van der Waals surface area contributed by atoms with Crippen LogP contribution in [0.15, 0.2) is 48.5 Å². The fourth-order valence-electron chi connectivity index (χ4n) is 4.14. The molecular formula is C24H29N3O4. The molecule has 2 aliphatic rings. The Bertz CT molecular complexity index is 884. The van der Waals surface area contributed by atoms with Gasteiger partial charge in [0.05, 0.1) is 13.2 Å². The highest BCUT2D eigenvalue weighted by Crippen LogP contribution is 2.24. The van der Waals surface area contributed by atoms with Crippen LogP contribution < -0.4 is 10.5 Å². The van der Waals surface area contributed by atoms with Crippen molar-refractivity contribution in [3.63, 3.8) is 0 Å². The second-order valence-corrected chi connectivity index (χ2v) is 8.16. The van der Waals surface area contributed by atoms with Gasteiger partial charge >= 0.3 is 0 Å². The van der Waals surface area contributed by atoms with Gasteiger partial charge < -0.3 is 20.1 Å². The van der Waals surface area contributed by atoms with E-state index in [1.54, 1.807) is 48.5 Å². The topological polar surface area (TPSA) is 85.1 Å². The van der Waals surface area contributed by atoms with Crippen molar-refractivity contribution < 1.29 is 19.1 Å². The van der Waals surface area contributed by atoms with Gasteiger partial charge in [0.2, 0.25) is 5.91 Å². The van der Waals surface area contributed by atoms with Gasteiger partial charge in [-0.3, -0.25) is 14.5 Å². The Morgan fingerprint density at radius 2 is 1.42 bits per heavy atom. The number of carbonyl (C=O) groups excluding carboxylic acids is 2. The molecule has 4 rings (SSSR count). The number of rotatable bonds is 6. The normalized spacial score (nSPS) is 18.0. The Labute approximate surface area is 182 Å². The van der Waals surface area contributed by atoms with Gasteiger partial charge in [-0.05, 0) is 67.3 Å². The molecule has 2 aliphatic heterocycles. The second kappa shape index (κ2) is 9.94. The summed E-state index contributed by atoms with van der Waals surface area (Å²) in [6, 6.07) is 13.8. The molecule has 2 N–H and O–H groups in total. The lowest BCUT2D eigenvalue weighted by molar-refractivity contribution is 0.0243. The summed E-state index contributed by atoms with van der Waals surface area (Å²) in [6.45, 7) is 6.41. The molecule has 0 bridgehead atoms. The molecule has 0 aromatic heterocycles. The molecule has 2 heterocycles. The number of hydrogen-bond donors (Lipinski definition) is 1. The van der Waals surface area contributed by atoms with Crippen LogP contribution in [0.25, 0.3) is 0 Å². The molecule has 7 heteroatoms. The standard InChI is InChI=1S/C24H29N3O4/c25-23(28)19-1-5-21(6-2-19)31-22-7-3-20(4-8-22)24(29)27-11-9-18(10-12-27)17-26-13-15-30-16-14-26/h1-8,18H,9-17H2,(H2,25,28). The van der Waals surface area contributed by atoms with Crippen LogP contribution in [0.3, 0.4) is 0 Å². The van der Waals surface area contributed by atoms with Gasteiger partial charge in [0.25, 0.3) is 5.91 Å². The largest absolute Gasteiger partial charge is 0.457 e. The summed E-state index contributed by atoms with van der Waals surface area (Å²) in [5.74, 6) is 1.49. The number of nitrogens with two attached hydrogens (primary N) is 1. The molecule has 2 aromatic rings. The molecular weight excluding hydrogens is 394 g/mol. The number of likely N-dealkylation sites (tertiary alicyclic amines) is 1. The Morgan fingerprint density at radius 3 is 1.97 bits per heavy atom. The second-order valence-electron chi connectivity index (χ2n) is 8.16. The van der Waals surface area contributed by atoms with E-state index in [0.29, 0.717) is 28.5 Å². The number of carbonyl (C=O) groups is 2. The first kappa shape index (κ1) is 21.3. The van der Waals surface area contributed by atoms with Crippen molar-refractivity contribution in [2.75, 3.05) is 45.9 Å². The molecule has 2 saturated heterocycles. The van der Waals surface area contributed by atoms with E-state index in [-0.39, 0.29) is 5.91 Å². The van der Waals surface area contributed by atoms with Crippen LogP contribution in [0.4, 0.5) is 0 Å². The molecule has 0 radical (unpaired) electrons. The zero-order valence-electron chi connectivity index (χ0n) is 17.7. The van der Waals surface area contributed by atoms with Crippen molar-refractivity contribution in [2.24, 2.45) is 11.7 Å². The highest BCUT2D eigenvalue weighted by Gasteiger charge is 2.25. The van der Waals surface area contributed by atoms with Crippen molar-refractivity contribution in [1.29, 1.82) is 0 Å². The lowest BCUT2D eigenvalue weighted by Gasteiger charge is -2.36. The summed E-state index contributed by atoms with van der Waals surface area (Å²) in [6.07, 6.45) is 2.09. The van der Waals surface area contributed by atoms with Gasteiger partial charge in [0.1, 0.15) is 11.5 Å². The van der Waals surface area contributed by atoms with Gasteiger partial charge in [-0.25, -0.2) is 0 Å². The van der Waals surface area contributed by atoms with Crippen molar-refractivity contribution in [3.8, 4) is 11.5 Å². The quantitative estimate of drug-likeness (QED) is 0.772. The minimum absolute atomic E-state index is 0.0715. The van der Waals surface area contributed by atoms with Crippen LogP contribution in [0.2, 0.25) is 0 Å². The molecule has 7 nitrogen and oxygen atoms in total. The predicted octanol–water partition coefficient (Wildman–Crippen LogP) is 2.76. The number of benzene rings is 2. The van der Waals surface area contributed by atoms with Crippen LogP contribution in [0, 0.1) is 5.92 Å². The van der Waals surface area contributed by atoms with Crippen molar-refractivity contribution in [3.05, 3.63) is 59.7 Å². The van der Waals surface area contributed by atoms with E-state index in [2.05, 4.69) is 4.90 Å². The molecule has 0 atom stereocenters. The fraction of sp³-hybridized carbons (Fsp3) is 0.417. The Hall–Kier alpha value is -2.90. The van der Waals surface area contributed by atoms with E-state index in [0.717, 1.165) is 58.8 Å². The monoisotopic (exact) mass is 423 g/mol. The molecule has 164 valence electrons. The zero-order valence-corrected chi connectivity index (χ0v) is 17.7. The van der Waals surface area contributed by atoms with Gasteiger partial charge in [0.15, 0.2) is 0 Å². The molecule has 0 aliphatic carbocycles. The highest BCUT2D eigenvalue weighted by atomic mass is 16.5. The van der Waals surface area contributed by atoms with Crippen LogP contribution >= 0.6 is 0 Å². The van der Waals surface area contributed by atoms with E-state index in [4.69, 9.17) is 15.2 Å². The van der Waals surface area contributed by atoms with Crippen LogP contribution in [-0.2, 0) is 4.74 Å². The number of nitrogens with zero attached hydrogens (tertiary/aromatic N) is 2. The molecule has 0 unspecified atom stereocenters. The average Bonchev–Trinajstić information content (AvgIpc) is 2.81. The van der Waals surface area contributed by atoms with Crippen molar-refractivity contribution >= 4 is 11.8 Å². The third-order valence-electron chi connectivity index (χ3n) is 6.00. The third kappa shape index (κ3) is 5.62. The summed E-state index contributed by atoms with van der Waals surface area (Å²) in [5, 5.41) is 0. The van der Waals surface area contributed by atoms with Crippen molar-refractivity contribution in [1.82, 2.24) is 9.80 Å². The molecule has 0 saturated carbocycles. The van der Waals surface area contributed by atoms with Crippen LogP contribution in [0.5, 0.6) is 11.5 Å². The first-order chi connectivity index (χ1) is 15.1. The average molecular weight is 424 g/mol. The Balaban J connectivity index is 1.27. The van der Waals surface area contributed by atoms with Crippen LogP contribution in [0.1, 0.15) is 33.6 Å². The number of primary amides is 1. The predicted molar refractivity (Wildman–Crippen MR) is 117 cm³/mol. The van der Waals surface area contributed by atoms with Gasteiger partial charge in [-0.1, -0.05) is 0 Å². The first-order valence-corrected chi connectivity index (χ1v) is 10.9. The van der Waals surface area contributed by atoms with Crippen molar-refractivity contribution in [2.45, 2.75) is 12.8 Å². The Morgan fingerprint density at radius 1 is 0.871 bits per heavy atom. The van der Waals surface area contributed by atoms with E-state index < -0.39 is 5.91 Å².